The third kappa shape index (κ3) is 2.43. The predicted octanol–water partition coefficient (Wildman–Crippen LogP) is 3.43. The van der Waals surface area contributed by atoms with Crippen molar-refractivity contribution in [2.45, 2.75) is 6.18 Å². The quantitative estimate of drug-likeness (QED) is 0.616. The zero-order chi connectivity index (χ0) is 10.8. The highest BCUT2D eigenvalue weighted by molar-refractivity contribution is 6.34. The summed E-state index contributed by atoms with van der Waals surface area (Å²) in [5.41, 5.74) is 1.43. The van der Waals surface area contributed by atoms with Crippen LogP contribution in [0.5, 0.6) is 0 Å². The standard InChI is InChI=1S/C7H5Cl2F3N2/c8-6-4(7(10,11)12)2-1-3-5(6)13-14-9/h1-3,13-14H. The van der Waals surface area contributed by atoms with E-state index in [2.05, 4.69) is 5.43 Å². The Kier molecular flexibility index (Phi) is 3.47. The number of benzene rings is 1. The second kappa shape index (κ2) is 4.25. The number of halogens is 5. The first-order valence-corrected chi connectivity index (χ1v) is 4.19. The number of alkyl halides is 3. The average Bonchev–Trinajstić information content (AvgIpc) is 2.07. The molecular formula is C7H5Cl2F3N2. The molecule has 0 bridgehead atoms. The fourth-order valence-corrected chi connectivity index (χ4v) is 1.28. The van der Waals surface area contributed by atoms with Crippen molar-refractivity contribution < 1.29 is 13.2 Å². The molecule has 1 aromatic rings. The number of nitrogens with one attached hydrogen (secondary N) is 2. The van der Waals surface area contributed by atoms with E-state index in [4.69, 9.17) is 23.4 Å². The second-order valence-electron chi connectivity index (χ2n) is 2.38. The maximum absolute atomic E-state index is 12.3. The molecule has 7 heteroatoms. The molecular weight excluding hydrogens is 240 g/mol. The van der Waals surface area contributed by atoms with Crippen LogP contribution >= 0.6 is 23.4 Å². The SMILES string of the molecule is FC(F)(F)c1cccc(NNCl)c1Cl. The van der Waals surface area contributed by atoms with E-state index in [1.807, 2.05) is 4.94 Å². The maximum atomic E-state index is 12.3. The van der Waals surface area contributed by atoms with Gasteiger partial charge in [-0.15, -0.1) is 4.94 Å². The van der Waals surface area contributed by atoms with Crippen molar-refractivity contribution in [3.8, 4) is 0 Å². The van der Waals surface area contributed by atoms with E-state index in [9.17, 15) is 13.2 Å². The zero-order valence-electron chi connectivity index (χ0n) is 6.62. The van der Waals surface area contributed by atoms with E-state index >= 15 is 0 Å². The van der Waals surface area contributed by atoms with Crippen molar-refractivity contribution in [2.24, 2.45) is 0 Å². The Morgan fingerprint density at radius 3 is 2.36 bits per heavy atom. The van der Waals surface area contributed by atoms with E-state index in [1.54, 1.807) is 0 Å². The van der Waals surface area contributed by atoms with E-state index in [0.717, 1.165) is 6.07 Å². The van der Waals surface area contributed by atoms with Gasteiger partial charge in [-0.2, -0.15) is 13.2 Å². The summed E-state index contributed by atoms with van der Waals surface area (Å²) < 4.78 is 36.9. The number of rotatable bonds is 2. The molecule has 0 saturated carbocycles. The molecule has 0 amide bonds. The summed E-state index contributed by atoms with van der Waals surface area (Å²) in [4.78, 5) is 1.97. The smallest absolute Gasteiger partial charge is 0.306 e. The summed E-state index contributed by atoms with van der Waals surface area (Å²) in [6.07, 6.45) is -4.47. The van der Waals surface area contributed by atoms with Gasteiger partial charge in [0.25, 0.3) is 0 Å². The highest BCUT2D eigenvalue weighted by atomic mass is 35.5. The zero-order valence-corrected chi connectivity index (χ0v) is 8.13. The highest BCUT2D eigenvalue weighted by Crippen LogP contribution is 2.37. The summed E-state index contributed by atoms with van der Waals surface area (Å²) >= 11 is 10.6. The molecule has 0 unspecified atom stereocenters. The third-order valence-electron chi connectivity index (χ3n) is 1.49. The van der Waals surface area contributed by atoms with Gasteiger partial charge in [0.05, 0.1) is 16.3 Å². The monoisotopic (exact) mass is 244 g/mol. The minimum atomic E-state index is -4.47. The fraction of sp³-hybridized carbons (Fsp3) is 0.143. The summed E-state index contributed by atoms with van der Waals surface area (Å²) in [5, 5.41) is -0.423. The number of anilines is 1. The van der Waals surface area contributed by atoms with E-state index in [0.29, 0.717) is 0 Å². The van der Waals surface area contributed by atoms with Gasteiger partial charge in [0, 0.05) is 0 Å². The van der Waals surface area contributed by atoms with Gasteiger partial charge < -0.3 is 5.43 Å². The Morgan fingerprint density at radius 2 is 1.86 bits per heavy atom. The maximum Gasteiger partial charge on any atom is 0.417 e. The Morgan fingerprint density at radius 1 is 1.21 bits per heavy atom. The second-order valence-corrected chi connectivity index (χ2v) is 2.95. The highest BCUT2D eigenvalue weighted by Gasteiger charge is 2.33. The predicted molar refractivity (Wildman–Crippen MR) is 49.1 cm³/mol. The average molecular weight is 245 g/mol. The van der Waals surface area contributed by atoms with Crippen LogP contribution in [0.4, 0.5) is 18.9 Å². The van der Waals surface area contributed by atoms with Gasteiger partial charge in [0.15, 0.2) is 0 Å². The van der Waals surface area contributed by atoms with Crippen molar-refractivity contribution in [3.63, 3.8) is 0 Å². The van der Waals surface area contributed by atoms with Crippen LogP contribution in [-0.4, -0.2) is 0 Å². The number of hydrogen-bond donors (Lipinski definition) is 2. The molecule has 1 rings (SSSR count). The van der Waals surface area contributed by atoms with Gasteiger partial charge >= 0.3 is 6.18 Å². The molecule has 0 aliphatic heterocycles. The molecule has 0 atom stereocenters. The van der Waals surface area contributed by atoms with Crippen LogP contribution in [0, 0.1) is 0 Å². The molecule has 1 aromatic carbocycles. The summed E-state index contributed by atoms with van der Waals surface area (Å²) in [5.74, 6) is 0. The molecule has 0 aliphatic carbocycles. The van der Waals surface area contributed by atoms with Crippen LogP contribution < -0.4 is 10.4 Å². The first-order valence-electron chi connectivity index (χ1n) is 3.44. The number of hydrogen-bond acceptors (Lipinski definition) is 2. The van der Waals surface area contributed by atoms with E-state index in [-0.39, 0.29) is 5.69 Å². The van der Waals surface area contributed by atoms with Crippen molar-refractivity contribution in [1.29, 1.82) is 0 Å². The van der Waals surface area contributed by atoms with Gasteiger partial charge in [-0.3, -0.25) is 0 Å². The molecule has 0 spiro atoms. The fourth-order valence-electron chi connectivity index (χ4n) is 0.898. The molecule has 2 nitrogen and oxygen atoms in total. The molecule has 2 N–H and O–H groups in total. The van der Waals surface area contributed by atoms with Crippen molar-refractivity contribution in [3.05, 3.63) is 28.8 Å². The molecule has 78 valence electrons. The summed E-state index contributed by atoms with van der Waals surface area (Å²) in [6, 6.07) is 3.49. The Balaban J connectivity index is 3.14. The van der Waals surface area contributed by atoms with Crippen molar-refractivity contribution in [2.75, 3.05) is 5.43 Å². The first kappa shape index (κ1) is 11.4. The normalized spacial score (nSPS) is 11.5. The molecule has 0 saturated heterocycles. The van der Waals surface area contributed by atoms with Gasteiger partial charge in [-0.1, -0.05) is 17.7 Å². The lowest BCUT2D eigenvalue weighted by atomic mass is 10.2. The van der Waals surface area contributed by atoms with E-state index < -0.39 is 16.8 Å². The van der Waals surface area contributed by atoms with Gasteiger partial charge in [0.1, 0.15) is 0 Å². The summed E-state index contributed by atoms with van der Waals surface area (Å²) in [7, 11) is 0. The van der Waals surface area contributed by atoms with Crippen LogP contribution in [0.2, 0.25) is 5.02 Å². The summed E-state index contributed by atoms with van der Waals surface area (Å²) in [6.45, 7) is 0. The van der Waals surface area contributed by atoms with Gasteiger partial charge in [-0.05, 0) is 23.9 Å². The van der Waals surface area contributed by atoms with Gasteiger partial charge in [-0.25, -0.2) is 0 Å². The third-order valence-corrected chi connectivity index (χ3v) is 1.99. The van der Waals surface area contributed by atoms with Crippen molar-refractivity contribution >= 4 is 29.1 Å². The number of hydrazine groups is 1. The Bertz CT molecular complexity index is 327. The first-order chi connectivity index (χ1) is 6.46. The molecule has 0 aliphatic rings. The largest absolute Gasteiger partial charge is 0.417 e. The molecule has 0 fully saturated rings. The molecule has 0 radical (unpaired) electrons. The van der Waals surface area contributed by atoms with Crippen molar-refractivity contribution in [1.82, 2.24) is 4.94 Å². The lowest BCUT2D eigenvalue weighted by Crippen LogP contribution is -2.12. The van der Waals surface area contributed by atoms with Crippen LogP contribution in [0.15, 0.2) is 18.2 Å². The molecule has 0 aromatic heterocycles. The topological polar surface area (TPSA) is 24.1 Å². The van der Waals surface area contributed by atoms with Crippen LogP contribution in [0.25, 0.3) is 0 Å². The Hall–Kier alpha value is -0.650. The van der Waals surface area contributed by atoms with E-state index in [1.165, 1.54) is 12.1 Å². The van der Waals surface area contributed by atoms with Crippen LogP contribution in [0.1, 0.15) is 5.56 Å². The lowest BCUT2D eigenvalue weighted by Gasteiger charge is -2.12. The minimum absolute atomic E-state index is 0.0662. The minimum Gasteiger partial charge on any atom is -0.306 e. The Labute approximate surface area is 88.1 Å². The lowest BCUT2D eigenvalue weighted by molar-refractivity contribution is -0.137. The van der Waals surface area contributed by atoms with Gasteiger partial charge in [0.2, 0.25) is 0 Å². The van der Waals surface area contributed by atoms with Crippen LogP contribution in [0.3, 0.4) is 0 Å². The molecule has 0 heterocycles. The molecule has 14 heavy (non-hydrogen) atoms. The van der Waals surface area contributed by atoms with Crippen LogP contribution in [-0.2, 0) is 6.18 Å².